The summed E-state index contributed by atoms with van der Waals surface area (Å²) in [5, 5.41) is 0. The van der Waals surface area contributed by atoms with E-state index in [1.54, 1.807) is 0 Å². The third kappa shape index (κ3) is 3.57. The molecule has 0 unspecified atom stereocenters. The summed E-state index contributed by atoms with van der Waals surface area (Å²) in [5.74, 6) is -1.18. The molecule has 0 fully saturated rings. The van der Waals surface area contributed by atoms with E-state index in [2.05, 4.69) is 0 Å². The first-order valence-electron chi connectivity index (χ1n) is 5.20. The van der Waals surface area contributed by atoms with Crippen LogP contribution in [0.1, 0.15) is 6.92 Å². The van der Waals surface area contributed by atoms with E-state index in [4.69, 9.17) is 5.73 Å². The van der Waals surface area contributed by atoms with Gasteiger partial charge in [0.05, 0.1) is 5.69 Å². The number of hydrogen-bond acceptors (Lipinski definition) is 3. The molecule has 0 radical (unpaired) electrons. The molecule has 1 aromatic carbocycles. The highest BCUT2D eigenvalue weighted by molar-refractivity contribution is 7.89. The van der Waals surface area contributed by atoms with Crippen LogP contribution in [-0.4, -0.2) is 32.0 Å². The van der Waals surface area contributed by atoms with Crippen LogP contribution < -0.4 is 5.73 Å². The van der Waals surface area contributed by atoms with Crippen molar-refractivity contribution in [3.05, 3.63) is 24.0 Å². The van der Waals surface area contributed by atoms with Gasteiger partial charge < -0.3 is 5.73 Å². The zero-order valence-corrected chi connectivity index (χ0v) is 10.7. The van der Waals surface area contributed by atoms with Crippen molar-refractivity contribution in [1.29, 1.82) is 0 Å². The minimum atomic E-state index is -4.72. The number of nitrogens with two attached hydrogens (primary N) is 1. The van der Waals surface area contributed by atoms with E-state index in [0.717, 1.165) is 12.1 Å². The lowest BCUT2D eigenvalue weighted by Gasteiger charge is -2.22. The van der Waals surface area contributed by atoms with Crippen LogP contribution in [0.15, 0.2) is 23.1 Å². The number of rotatable bonds is 4. The van der Waals surface area contributed by atoms with Crippen molar-refractivity contribution in [3.63, 3.8) is 0 Å². The molecule has 0 aliphatic carbocycles. The lowest BCUT2D eigenvalue weighted by molar-refractivity contribution is -0.135. The average Bonchev–Trinajstić information content (AvgIpc) is 2.23. The van der Waals surface area contributed by atoms with Gasteiger partial charge in [0.15, 0.2) is 0 Å². The standard InChI is InChI=1S/C10H12F4N2O2S/c1-2-16(6-10(12,13)14)19(17,18)9-7(11)4-3-5-8(9)15/h3-5H,2,6,15H2,1H3. The molecular weight excluding hydrogens is 288 g/mol. The Kier molecular flexibility index (Phi) is 4.41. The summed E-state index contributed by atoms with van der Waals surface area (Å²) in [4.78, 5) is -0.930. The van der Waals surface area contributed by atoms with E-state index in [9.17, 15) is 26.0 Å². The zero-order valence-electron chi connectivity index (χ0n) is 9.91. The molecule has 9 heteroatoms. The number of benzene rings is 1. The summed E-state index contributed by atoms with van der Waals surface area (Å²) in [6.07, 6.45) is -4.72. The fraction of sp³-hybridized carbons (Fsp3) is 0.400. The Morgan fingerprint density at radius 2 is 1.89 bits per heavy atom. The van der Waals surface area contributed by atoms with Crippen LogP contribution in [0.5, 0.6) is 0 Å². The number of sulfonamides is 1. The van der Waals surface area contributed by atoms with Gasteiger partial charge in [0.25, 0.3) is 0 Å². The second-order valence-electron chi connectivity index (χ2n) is 3.70. The molecule has 0 bridgehead atoms. The van der Waals surface area contributed by atoms with E-state index in [-0.39, 0.29) is 4.31 Å². The molecule has 0 aliphatic heterocycles. The number of nitrogen functional groups attached to an aromatic ring is 1. The van der Waals surface area contributed by atoms with Crippen LogP contribution in [-0.2, 0) is 10.0 Å². The Morgan fingerprint density at radius 1 is 1.32 bits per heavy atom. The largest absolute Gasteiger partial charge is 0.402 e. The molecule has 0 saturated carbocycles. The highest BCUT2D eigenvalue weighted by atomic mass is 32.2. The molecule has 0 atom stereocenters. The Labute approximate surface area is 107 Å². The van der Waals surface area contributed by atoms with Crippen molar-refractivity contribution >= 4 is 15.7 Å². The minimum absolute atomic E-state index is 0.127. The van der Waals surface area contributed by atoms with Crippen LogP contribution in [0.2, 0.25) is 0 Å². The predicted molar refractivity (Wildman–Crippen MR) is 61.3 cm³/mol. The second kappa shape index (κ2) is 5.33. The Morgan fingerprint density at radius 3 is 2.32 bits per heavy atom. The molecule has 0 aliphatic rings. The Hall–Kier alpha value is -1.35. The summed E-state index contributed by atoms with van der Waals surface area (Å²) in [7, 11) is -4.63. The van der Waals surface area contributed by atoms with Crippen molar-refractivity contribution < 1.29 is 26.0 Å². The fourth-order valence-corrected chi connectivity index (χ4v) is 3.09. The van der Waals surface area contributed by atoms with Crippen LogP contribution in [0.25, 0.3) is 0 Å². The van der Waals surface area contributed by atoms with E-state index >= 15 is 0 Å². The average molecular weight is 300 g/mol. The fourth-order valence-electron chi connectivity index (χ4n) is 1.49. The lowest BCUT2D eigenvalue weighted by Crippen LogP contribution is -2.39. The number of anilines is 1. The maximum atomic E-state index is 13.5. The molecular formula is C10H12F4N2O2S. The van der Waals surface area contributed by atoms with E-state index in [0.29, 0.717) is 0 Å². The predicted octanol–water partition coefficient (Wildman–Crippen LogP) is 1.98. The molecule has 0 spiro atoms. The van der Waals surface area contributed by atoms with Crippen LogP contribution >= 0.6 is 0 Å². The molecule has 1 rings (SSSR count). The van der Waals surface area contributed by atoms with E-state index in [1.165, 1.54) is 13.0 Å². The first-order valence-corrected chi connectivity index (χ1v) is 6.64. The van der Waals surface area contributed by atoms with Gasteiger partial charge in [0.1, 0.15) is 17.3 Å². The molecule has 0 heterocycles. The van der Waals surface area contributed by atoms with Crippen LogP contribution in [0.4, 0.5) is 23.2 Å². The summed E-state index contributed by atoms with van der Waals surface area (Å²) < 4.78 is 74.5. The third-order valence-corrected chi connectivity index (χ3v) is 4.32. The van der Waals surface area contributed by atoms with Gasteiger partial charge in [-0.25, -0.2) is 12.8 Å². The van der Waals surface area contributed by atoms with Gasteiger partial charge in [-0.2, -0.15) is 17.5 Å². The number of alkyl halides is 3. The first kappa shape index (κ1) is 15.7. The van der Waals surface area contributed by atoms with Crippen molar-refractivity contribution in [3.8, 4) is 0 Å². The SMILES string of the molecule is CCN(CC(F)(F)F)S(=O)(=O)c1c(N)cccc1F. The van der Waals surface area contributed by atoms with Gasteiger partial charge in [-0.15, -0.1) is 0 Å². The lowest BCUT2D eigenvalue weighted by atomic mass is 10.3. The van der Waals surface area contributed by atoms with Gasteiger partial charge in [0.2, 0.25) is 10.0 Å². The van der Waals surface area contributed by atoms with Crippen molar-refractivity contribution in [2.45, 2.75) is 18.0 Å². The zero-order chi connectivity index (χ0) is 14.8. The Bertz CT molecular complexity index is 537. The highest BCUT2D eigenvalue weighted by Gasteiger charge is 2.37. The van der Waals surface area contributed by atoms with Gasteiger partial charge in [-0.1, -0.05) is 13.0 Å². The molecule has 19 heavy (non-hydrogen) atoms. The second-order valence-corrected chi connectivity index (χ2v) is 5.58. The van der Waals surface area contributed by atoms with Crippen molar-refractivity contribution in [1.82, 2.24) is 4.31 Å². The number of hydrogen-bond donors (Lipinski definition) is 1. The Balaban J connectivity index is 3.29. The third-order valence-electron chi connectivity index (χ3n) is 2.30. The molecule has 108 valence electrons. The quantitative estimate of drug-likeness (QED) is 0.683. The number of nitrogens with zero attached hydrogens (tertiary/aromatic N) is 1. The molecule has 0 amide bonds. The summed E-state index contributed by atoms with van der Waals surface area (Å²) in [6.45, 7) is -0.921. The normalized spacial score (nSPS) is 12.9. The molecule has 0 aromatic heterocycles. The molecule has 0 saturated heterocycles. The monoisotopic (exact) mass is 300 g/mol. The van der Waals surface area contributed by atoms with Gasteiger partial charge in [-0.05, 0) is 12.1 Å². The maximum Gasteiger partial charge on any atom is 0.402 e. The topological polar surface area (TPSA) is 63.4 Å². The highest BCUT2D eigenvalue weighted by Crippen LogP contribution is 2.27. The number of halogens is 4. The molecule has 4 nitrogen and oxygen atoms in total. The van der Waals surface area contributed by atoms with E-state index in [1.807, 2.05) is 0 Å². The summed E-state index contributed by atoms with van der Waals surface area (Å²) >= 11 is 0. The van der Waals surface area contributed by atoms with Gasteiger partial charge in [0, 0.05) is 6.54 Å². The summed E-state index contributed by atoms with van der Waals surface area (Å²) in [6, 6.07) is 3.10. The maximum absolute atomic E-state index is 13.5. The van der Waals surface area contributed by atoms with Gasteiger partial charge >= 0.3 is 6.18 Å². The molecule has 2 N–H and O–H groups in total. The van der Waals surface area contributed by atoms with Crippen molar-refractivity contribution in [2.75, 3.05) is 18.8 Å². The first-order chi connectivity index (χ1) is 8.59. The minimum Gasteiger partial charge on any atom is -0.398 e. The van der Waals surface area contributed by atoms with Crippen LogP contribution in [0, 0.1) is 5.82 Å². The molecule has 1 aromatic rings. The van der Waals surface area contributed by atoms with E-state index < -0.39 is 45.7 Å². The summed E-state index contributed by atoms with van der Waals surface area (Å²) in [5.41, 5.74) is 4.91. The van der Waals surface area contributed by atoms with Gasteiger partial charge in [-0.3, -0.25) is 0 Å². The smallest absolute Gasteiger partial charge is 0.398 e. The van der Waals surface area contributed by atoms with Crippen LogP contribution in [0.3, 0.4) is 0 Å². The van der Waals surface area contributed by atoms with Crippen molar-refractivity contribution in [2.24, 2.45) is 0 Å².